The molecule has 0 saturated heterocycles. The highest BCUT2D eigenvalue weighted by atomic mass is 16.5. The van der Waals surface area contributed by atoms with Crippen molar-refractivity contribution in [3.05, 3.63) is 41.7 Å². The van der Waals surface area contributed by atoms with Crippen LogP contribution in [-0.4, -0.2) is 58.1 Å². The van der Waals surface area contributed by atoms with Crippen molar-refractivity contribution in [2.45, 2.75) is 5.41 Å². The molecule has 1 aliphatic rings. The lowest BCUT2D eigenvalue weighted by atomic mass is 9.84. The highest BCUT2D eigenvalue weighted by Crippen LogP contribution is 2.43. The number of ether oxygens (including phenoxy) is 1. The van der Waals surface area contributed by atoms with Crippen molar-refractivity contribution >= 4 is 17.6 Å². The second-order valence-electron chi connectivity index (χ2n) is 5.65. The van der Waals surface area contributed by atoms with Crippen molar-refractivity contribution in [2.75, 3.05) is 31.8 Å². The zero-order valence-electron chi connectivity index (χ0n) is 13.0. The van der Waals surface area contributed by atoms with Crippen LogP contribution in [0.3, 0.4) is 0 Å². The van der Waals surface area contributed by atoms with Crippen molar-refractivity contribution in [1.82, 2.24) is 9.97 Å². The van der Waals surface area contributed by atoms with E-state index in [1.807, 2.05) is 0 Å². The maximum Gasteiger partial charge on any atom is 0.337 e. The van der Waals surface area contributed by atoms with Crippen LogP contribution in [-0.2, 0) is 10.2 Å². The SMILES string of the molecule is COC(=O)c1ccc2c(c1)N(c1ncc(O)cn1)CC2(CO)CO. The first kappa shape index (κ1) is 16.2. The maximum atomic E-state index is 11.8. The number of rotatable bonds is 4. The second-order valence-corrected chi connectivity index (χ2v) is 5.65. The monoisotopic (exact) mass is 331 g/mol. The molecule has 0 saturated carbocycles. The topological polar surface area (TPSA) is 116 Å². The van der Waals surface area contributed by atoms with Gasteiger partial charge in [0.05, 0.1) is 43.7 Å². The van der Waals surface area contributed by atoms with E-state index in [2.05, 4.69) is 9.97 Å². The van der Waals surface area contributed by atoms with Gasteiger partial charge in [0.15, 0.2) is 5.75 Å². The number of carbonyl (C=O) groups is 1. The minimum absolute atomic E-state index is 0.0722. The zero-order chi connectivity index (χ0) is 17.3. The molecular formula is C16H17N3O5. The Morgan fingerprint density at radius 3 is 2.54 bits per heavy atom. The highest BCUT2D eigenvalue weighted by molar-refractivity contribution is 5.91. The first-order valence-electron chi connectivity index (χ1n) is 7.28. The summed E-state index contributed by atoms with van der Waals surface area (Å²) >= 11 is 0. The molecule has 126 valence electrons. The molecule has 3 N–H and O–H groups in total. The van der Waals surface area contributed by atoms with Crippen LogP contribution in [0.2, 0.25) is 0 Å². The number of aromatic nitrogens is 2. The lowest BCUT2D eigenvalue weighted by Crippen LogP contribution is -2.39. The molecule has 1 aromatic heterocycles. The van der Waals surface area contributed by atoms with Gasteiger partial charge in [-0.15, -0.1) is 0 Å². The molecule has 8 heteroatoms. The van der Waals surface area contributed by atoms with Crippen LogP contribution < -0.4 is 4.90 Å². The predicted octanol–water partition coefficient (Wildman–Crippen LogP) is 0.343. The van der Waals surface area contributed by atoms with Gasteiger partial charge in [-0.2, -0.15) is 0 Å². The van der Waals surface area contributed by atoms with E-state index in [1.54, 1.807) is 23.1 Å². The summed E-state index contributed by atoms with van der Waals surface area (Å²) < 4.78 is 4.74. The Bertz CT molecular complexity index is 759. The van der Waals surface area contributed by atoms with Gasteiger partial charge >= 0.3 is 5.97 Å². The third-order valence-electron chi connectivity index (χ3n) is 4.21. The van der Waals surface area contributed by atoms with Gasteiger partial charge in [0, 0.05) is 12.2 Å². The summed E-state index contributed by atoms with van der Waals surface area (Å²) in [7, 11) is 1.29. The minimum atomic E-state index is -0.898. The number of fused-ring (bicyclic) bond motifs is 1. The predicted molar refractivity (Wildman–Crippen MR) is 84.3 cm³/mol. The van der Waals surface area contributed by atoms with E-state index >= 15 is 0 Å². The number of benzene rings is 1. The van der Waals surface area contributed by atoms with Gasteiger partial charge in [0.2, 0.25) is 5.95 Å². The first-order valence-corrected chi connectivity index (χ1v) is 7.28. The quantitative estimate of drug-likeness (QED) is 0.687. The van der Waals surface area contributed by atoms with E-state index in [1.165, 1.54) is 19.5 Å². The van der Waals surface area contributed by atoms with Crippen molar-refractivity contribution in [2.24, 2.45) is 0 Å². The smallest absolute Gasteiger partial charge is 0.337 e. The fraction of sp³-hybridized carbons (Fsp3) is 0.312. The number of anilines is 2. The van der Waals surface area contributed by atoms with Crippen molar-refractivity contribution in [3.63, 3.8) is 0 Å². The molecule has 1 aromatic carbocycles. The van der Waals surface area contributed by atoms with Crippen LogP contribution >= 0.6 is 0 Å². The van der Waals surface area contributed by atoms with E-state index in [4.69, 9.17) is 4.74 Å². The molecule has 0 spiro atoms. The van der Waals surface area contributed by atoms with Crippen LogP contribution in [0, 0.1) is 0 Å². The maximum absolute atomic E-state index is 11.8. The average Bonchev–Trinajstić information content (AvgIpc) is 2.96. The minimum Gasteiger partial charge on any atom is -0.505 e. The summed E-state index contributed by atoms with van der Waals surface area (Å²) in [5.74, 6) is -0.272. The molecular weight excluding hydrogens is 314 g/mol. The summed E-state index contributed by atoms with van der Waals surface area (Å²) in [6, 6.07) is 4.89. The summed E-state index contributed by atoms with van der Waals surface area (Å²) in [6.07, 6.45) is 2.51. The summed E-state index contributed by atoms with van der Waals surface area (Å²) in [6.45, 7) is -0.309. The molecule has 0 fully saturated rings. The highest BCUT2D eigenvalue weighted by Gasteiger charge is 2.43. The Balaban J connectivity index is 2.14. The van der Waals surface area contributed by atoms with Crippen LogP contribution in [0.4, 0.5) is 11.6 Å². The fourth-order valence-electron chi connectivity index (χ4n) is 2.87. The van der Waals surface area contributed by atoms with Gasteiger partial charge in [-0.1, -0.05) is 6.07 Å². The van der Waals surface area contributed by atoms with Gasteiger partial charge in [-0.05, 0) is 17.7 Å². The number of carbonyl (C=O) groups excluding carboxylic acids is 1. The third-order valence-corrected chi connectivity index (χ3v) is 4.21. The van der Waals surface area contributed by atoms with Crippen molar-refractivity contribution in [3.8, 4) is 5.75 Å². The molecule has 24 heavy (non-hydrogen) atoms. The van der Waals surface area contributed by atoms with Crippen LogP contribution in [0.5, 0.6) is 5.75 Å². The summed E-state index contributed by atoms with van der Waals surface area (Å²) in [5, 5.41) is 29.0. The van der Waals surface area contributed by atoms with E-state index in [0.29, 0.717) is 22.8 Å². The Hall–Kier alpha value is -2.71. The van der Waals surface area contributed by atoms with Gasteiger partial charge in [0.25, 0.3) is 0 Å². The second kappa shape index (κ2) is 6.06. The van der Waals surface area contributed by atoms with E-state index in [-0.39, 0.29) is 25.5 Å². The molecule has 8 nitrogen and oxygen atoms in total. The number of hydrogen-bond acceptors (Lipinski definition) is 8. The lowest BCUT2D eigenvalue weighted by Gasteiger charge is -2.25. The van der Waals surface area contributed by atoms with Crippen LogP contribution in [0.25, 0.3) is 0 Å². The zero-order valence-corrected chi connectivity index (χ0v) is 13.0. The van der Waals surface area contributed by atoms with Gasteiger partial charge in [-0.25, -0.2) is 14.8 Å². The number of aliphatic hydroxyl groups excluding tert-OH is 2. The Labute approximate surface area is 138 Å². The number of methoxy groups -OCH3 is 1. The third kappa shape index (κ3) is 2.45. The standard InChI is InChI=1S/C16H17N3O5/c1-24-14(23)10-2-3-12-13(4-10)19(7-16(12,8-20)9-21)15-17-5-11(22)6-18-15/h2-6,20-22H,7-9H2,1H3. The van der Waals surface area contributed by atoms with Gasteiger partial charge in [-0.3, -0.25) is 0 Å². The molecule has 2 aromatic rings. The Morgan fingerprint density at radius 2 is 1.96 bits per heavy atom. The Morgan fingerprint density at radius 1 is 1.29 bits per heavy atom. The summed E-state index contributed by atoms with van der Waals surface area (Å²) in [5.41, 5.74) is 0.737. The molecule has 0 bridgehead atoms. The number of nitrogens with zero attached hydrogens (tertiary/aromatic N) is 3. The van der Waals surface area contributed by atoms with Crippen molar-refractivity contribution < 1.29 is 24.9 Å². The number of aromatic hydroxyl groups is 1. The largest absolute Gasteiger partial charge is 0.505 e. The molecule has 0 amide bonds. The average molecular weight is 331 g/mol. The van der Waals surface area contributed by atoms with Crippen molar-refractivity contribution in [1.29, 1.82) is 0 Å². The summed E-state index contributed by atoms with van der Waals surface area (Å²) in [4.78, 5) is 21.6. The van der Waals surface area contributed by atoms with Crippen LogP contribution in [0.1, 0.15) is 15.9 Å². The van der Waals surface area contributed by atoms with Gasteiger partial charge < -0.3 is 25.0 Å². The van der Waals surface area contributed by atoms with E-state index in [9.17, 15) is 20.1 Å². The lowest BCUT2D eigenvalue weighted by molar-refractivity contribution is 0.0600. The van der Waals surface area contributed by atoms with Gasteiger partial charge in [0.1, 0.15) is 0 Å². The molecule has 0 aliphatic carbocycles. The van der Waals surface area contributed by atoms with E-state index < -0.39 is 11.4 Å². The first-order chi connectivity index (χ1) is 11.5. The molecule has 2 heterocycles. The van der Waals surface area contributed by atoms with E-state index in [0.717, 1.165) is 0 Å². The normalized spacial score (nSPS) is 15.2. The number of aliphatic hydroxyl groups is 2. The molecule has 0 unspecified atom stereocenters. The number of esters is 1. The number of hydrogen-bond donors (Lipinski definition) is 3. The Kier molecular flexibility index (Phi) is 4.08. The molecule has 0 atom stereocenters. The molecule has 3 rings (SSSR count). The fourth-order valence-corrected chi connectivity index (χ4v) is 2.87. The van der Waals surface area contributed by atoms with Crippen LogP contribution in [0.15, 0.2) is 30.6 Å². The molecule has 1 aliphatic heterocycles. The molecule has 0 radical (unpaired) electrons.